The summed E-state index contributed by atoms with van der Waals surface area (Å²) >= 11 is 0. The minimum Gasteiger partial charge on any atom is -0.326 e. The smallest absolute Gasteiger partial charge is 0.224 e. The molecule has 4 nitrogen and oxygen atoms in total. The second-order valence-electron chi connectivity index (χ2n) is 9.50. The fourth-order valence-electron chi connectivity index (χ4n) is 4.88. The summed E-state index contributed by atoms with van der Waals surface area (Å²) in [7, 11) is 0. The van der Waals surface area contributed by atoms with E-state index in [1.54, 1.807) is 0 Å². The normalized spacial score (nSPS) is 14.8. The minimum absolute atomic E-state index is 0.0664. The number of nitrogens with zero attached hydrogens (tertiary/aromatic N) is 2. The molecule has 36 heavy (non-hydrogen) atoms. The zero-order valence-electron chi connectivity index (χ0n) is 20.7. The number of hydrogen-bond donors (Lipinski definition) is 1. The highest BCUT2D eigenvalue weighted by Gasteiger charge is 2.19. The van der Waals surface area contributed by atoms with Gasteiger partial charge in [0, 0.05) is 44.2 Å². The molecule has 1 amide bonds. The van der Waals surface area contributed by atoms with Crippen molar-refractivity contribution < 1.29 is 13.6 Å². The van der Waals surface area contributed by atoms with Gasteiger partial charge in [0.1, 0.15) is 11.6 Å². The van der Waals surface area contributed by atoms with Crippen molar-refractivity contribution in [1.82, 2.24) is 9.80 Å². The molecular formula is C30H35F2N3O. The van der Waals surface area contributed by atoms with E-state index in [2.05, 4.69) is 15.1 Å². The molecule has 1 fully saturated rings. The van der Waals surface area contributed by atoms with Crippen LogP contribution in [0.4, 0.5) is 14.5 Å². The molecular weight excluding hydrogens is 456 g/mol. The molecule has 0 aromatic heterocycles. The average molecular weight is 492 g/mol. The zero-order valence-corrected chi connectivity index (χ0v) is 20.7. The fraction of sp³-hybridized carbons (Fsp3) is 0.367. The van der Waals surface area contributed by atoms with E-state index >= 15 is 0 Å². The van der Waals surface area contributed by atoms with Gasteiger partial charge >= 0.3 is 0 Å². The standard InChI is InChI=1S/C30H35F2N3O/c31-26-14-10-24(11-15-26)29(25-12-16-27(32)17-13-25)8-4-18-34-20-22-35(23-21-34)19-5-9-30(36)33-28-6-2-1-3-7-28/h1-3,6-7,10-17,29H,4-5,8-9,18-23H2,(H,33,36). The van der Waals surface area contributed by atoms with Crippen molar-refractivity contribution in [2.75, 3.05) is 44.6 Å². The van der Waals surface area contributed by atoms with Gasteiger partial charge < -0.3 is 15.1 Å². The Morgan fingerprint density at radius 2 is 1.22 bits per heavy atom. The van der Waals surface area contributed by atoms with Crippen molar-refractivity contribution in [3.8, 4) is 0 Å². The molecule has 0 unspecified atom stereocenters. The van der Waals surface area contributed by atoms with Crippen LogP contribution in [0, 0.1) is 11.6 Å². The number of piperazine rings is 1. The van der Waals surface area contributed by atoms with Crippen LogP contribution in [-0.4, -0.2) is 55.0 Å². The highest BCUT2D eigenvalue weighted by atomic mass is 19.1. The lowest BCUT2D eigenvalue weighted by atomic mass is 9.87. The van der Waals surface area contributed by atoms with E-state index in [1.807, 2.05) is 54.6 Å². The molecule has 0 aliphatic carbocycles. The SMILES string of the molecule is O=C(CCCN1CCN(CCCC(c2ccc(F)cc2)c2ccc(F)cc2)CC1)Nc1ccccc1. The first-order valence-electron chi connectivity index (χ1n) is 12.9. The van der Waals surface area contributed by atoms with Gasteiger partial charge in [0.2, 0.25) is 5.91 Å². The van der Waals surface area contributed by atoms with Crippen molar-refractivity contribution in [2.24, 2.45) is 0 Å². The lowest BCUT2D eigenvalue weighted by Crippen LogP contribution is -2.46. The zero-order chi connectivity index (χ0) is 25.2. The summed E-state index contributed by atoms with van der Waals surface area (Å²) in [5, 5.41) is 2.95. The van der Waals surface area contributed by atoms with Crippen LogP contribution in [0.15, 0.2) is 78.9 Å². The number of benzene rings is 3. The quantitative estimate of drug-likeness (QED) is 0.362. The van der Waals surface area contributed by atoms with Gasteiger partial charge in [0.15, 0.2) is 0 Å². The molecule has 1 saturated heterocycles. The number of carbonyl (C=O) groups is 1. The van der Waals surface area contributed by atoms with Crippen LogP contribution in [0.5, 0.6) is 0 Å². The largest absolute Gasteiger partial charge is 0.326 e. The summed E-state index contributed by atoms with van der Waals surface area (Å²) in [4.78, 5) is 17.1. The Hall–Kier alpha value is -3.09. The van der Waals surface area contributed by atoms with Crippen LogP contribution in [0.2, 0.25) is 0 Å². The second kappa shape index (κ2) is 13.3. The number of carbonyl (C=O) groups excluding carboxylic acids is 1. The number of para-hydroxylation sites is 1. The summed E-state index contributed by atoms with van der Waals surface area (Å²) in [6.07, 6.45) is 3.33. The Bertz CT molecular complexity index is 1020. The van der Waals surface area contributed by atoms with Crippen molar-refractivity contribution in [2.45, 2.75) is 31.6 Å². The van der Waals surface area contributed by atoms with Gasteiger partial charge in [-0.2, -0.15) is 0 Å². The summed E-state index contributed by atoms with van der Waals surface area (Å²) in [5.74, 6) is -0.302. The molecule has 190 valence electrons. The molecule has 1 aliphatic rings. The van der Waals surface area contributed by atoms with Gasteiger partial charge in [-0.3, -0.25) is 4.79 Å². The van der Waals surface area contributed by atoms with Gasteiger partial charge in [-0.25, -0.2) is 8.78 Å². The first-order chi connectivity index (χ1) is 17.6. The third-order valence-electron chi connectivity index (χ3n) is 6.91. The van der Waals surface area contributed by atoms with Gasteiger partial charge in [-0.1, -0.05) is 42.5 Å². The monoisotopic (exact) mass is 491 g/mol. The molecule has 1 heterocycles. The lowest BCUT2D eigenvalue weighted by molar-refractivity contribution is -0.116. The molecule has 6 heteroatoms. The third kappa shape index (κ3) is 7.97. The van der Waals surface area contributed by atoms with Crippen LogP contribution < -0.4 is 5.32 Å². The van der Waals surface area contributed by atoms with Crippen LogP contribution in [-0.2, 0) is 4.79 Å². The highest BCUT2D eigenvalue weighted by molar-refractivity contribution is 5.90. The van der Waals surface area contributed by atoms with Crippen LogP contribution in [0.25, 0.3) is 0 Å². The number of nitrogens with one attached hydrogen (secondary N) is 1. The minimum atomic E-state index is -0.244. The van der Waals surface area contributed by atoms with E-state index < -0.39 is 0 Å². The molecule has 0 atom stereocenters. The molecule has 0 spiro atoms. The van der Waals surface area contributed by atoms with E-state index in [1.165, 1.54) is 24.3 Å². The molecule has 4 rings (SSSR count). The van der Waals surface area contributed by atoms with Crippen LogP contribution >= 0.6 is 0 Å². The summed E-state index contributed by atoms with van der Waals surface area (Å²) < 4.78 is 26.9. The Kier molecular flexibility index (Phi) is 9.59. The average Bonchev–Trinajstić information content (AvgIpc) is 2.89. The maximum atomic E-state index is 13.5. The van der Waals surface area contributed by atoms with E-state index in [0.29, 0.717) is 6.42 Å². The predicted octanol–water partition coefficient (Wildman–Crippen LogP) is 5.91. The Labute approximate surface area is 212 Å². The fourth-order valence-corrected chi connectivity index (χ4v) is 4.88. The van der Waals surface area contributed by atoms with E-state index in [0.717, 1.165) is 75.3 Å². The topological polar surface area (TPSA) is 35.6 Å². The van der Waals surface area contributed by atoms with Gasteiger partial charge in [0.05, 0.1) is 0 Å². The Balaban J connectivity index is 1.18. The summed E-state index contributed by atoms with van der Waals surface area (Å²) in [5.41, 5.74) is 2.96. The Morgan fingerprint density at radius 3 is 1.75 bits per heavy atom. The second-order valence-corrected chi connectivity index (χ2v) is 9.50. The highest BCUT2D eigenvalue weighted by Crippen LogP contribution is 2.30. The summed E-state index contributed by atoms with van der Waals surface area (Å²) in [6.45, 7) is 6.01. The van der Waals surface area contributed by atoms with Crippen molar-refractivity contribution >= 4 is 11.6 Å². The molecule has 0 bridgehead atoms. The van der Waals surface area contributed by atoms with Crippen molar-refractivity contribution in [3.05, 3.63) is 102 Å². The molecule has 0 saturated carbocycles. The van der Waals surface area contributed by atoms with Crippen molar-refractivity contribution in [1.29, 1.82) is 0 Å². The number of amides is 1. The lowest BCUT2D eigenvalue weighted by Gasteiger charge is -2.35. The third-order valence-corrected chi connectivity index (χ3v) is 6.91. The molecule has 3 aromatic carbocycles. The Morgan fingerprint density at radius 1 is 0.722 bits per heavy atom. The number of anilines is 1. The molecule has 1 aliphatic heterocycles. The maximum Gasteiger partial charge on any atom is 0.224 e. The molecule has 0 radical (unpaired) electrons. The van der Waals surface area contributed by atoms with E-state index in [-0.39, 0.29) is 23.5 Å². The van der Waals surface area contributed by atoms with Gasteiger partial charge in [-0.05, 0) is 79.9 Å². The number of rotatable bonds is 11. The maximum absolute atomic E-state index is 13.5. The first kappa shape index (κ1) is 26.0. The van der Waals surface area contributed by atoms with Crippen molar-refractivity contribution in [3.63, 3.8) is 0 Å². The van der Waals surface area contributed by atoms with Crippen LogP contribution in [0.3, 0.4) is 0 Å². The van der Waals surface area contributed by atoms with Gasteiger partial charge in [-0.15, -0.1) is 0 Å². The molecule has 1 N–H and O–H groups in total. The van der Waals surface area contributed by atoms with Crippen LogP contribution in [0.1, 0.15) is 42.7 Å². The first-order valence-corrected chi connectivity index (χ1v) is 12.9. The van der Waals surface area contributed by atoms with Gasteiger partial charge in [0.25, 0.3) is 0 Å². The van der Waals surface area contributed by atoms with E-state index in [4.69, 9.17) is 0 Å². The molecule has 3 aromatic rings. The van der Waals surface area contributed by atoms with E-state index in [9.17, 15) is 13.6 Å². The summed E-state index contributed by atoms with van der Waals surface area (Å²) in [6, 6.07) is 22.9. The number of hydrogen-bond acceptors (Lipinski definition) is 3. The number of halogens is 2. The predicted molar refractivity (Wildman–Crippen MR) is 141 cm³/mol.